The Labute approximate surface area is 107 Å². The van der Waals surface area contributed by atoms with Gasteiger partial charge in [-0.25, -0.2) is 9.97 Å². The van der Waals surface area contributed by atoms with Crippen LogP contribution in [-0.4, -0.2) is 19.7 Å². The van der Waals surface area contributed by atoms with Crippen LogP contribution in [0.4, 0.5) is 5.69 Å². The van der Waals surface area contributed by atoms with Crippen molar-refractivity contribution in [3.05, 3.63) is 36.2 Å². The Hall–Kier alpha value is -1.91. The minimum absolute atomic E-state index is 0.0471. The number of hydrogen-bond acceptors (Lipinski definition) is 4. The van der Waals surface area contributed by atoms with Crippen LogP contribution in [0.3, 0.4) is 0 Å². The first-order valence-electron chi connectivity index (χ1n) is 5.98. The Morgan fingerprint density at radius 1 is 1.22 bits per heavy atom. The minimum Gasteiger partial charge on any atom is -0.378 e. The summed E-state index contributed by atoms with van der Waals surface area (Å²) in [5, 5.41) is 7.85. The maximum absolute atomic E-state index is 4.54. The van der Waals surface area contributed by atoms with Gasteiger partial charge in [0, 0.05) is 30.8 Å². The van der Waals surface area contributed by atoms with E-state index in [1.807, 2.05) is 11.7 Å². The van der Waals surface area contributed by atoms with Gasteiger partial charge >= 0.3 is 0 Å². The molecule has 0 atom stereocenters. The first-order valence-corrected chi connectivity index (χ1v) is 5.98. The third kappa shape index (κ3) is 2.85. The Kier molecular flexibility index (Phi) is 3.32. The van der Waals surface area contributed by atoms with Gasteiger partial charge in [0.2, 0.25) is 0 Å². The molecule has 0 aromatic carbocycles. The van der Waals surface area contributed by atoms with Gasteiger partial charge in [0.15, 0.2) is 0 Å². The summed E-state index contributed by atoms with van der Waals surface area (Å²) in [4.78, 5) is 7.96. The summed E-state index contributed by atoms with van der Waals surface area (Å²) in [6, 6.07) is 0. The van der Waals surface area contributed by atoms with Crippen molar-refractivity contribution in [2.75, 3.05) is 5.32 Å². The smallest absolute Gasteiger partial charge is 0.115 e. The summed E-state index contributed by atoms with van der Waals surface area (Å²) < 4.78 is 1.86. The van der Waals surface area contributed by atoms with Crippen LogP contribution >= 0.6 is 0 Å². The van der Waals surface area contributed by atoms with Gasteiger partial charge < -0.3 is 5.32 Å². The van der Waals surface area contributed by atoms with Crippen LogP contribution in [-0.2, 0) is 19.0 Å². The molecule has 0 unspecified atom stereocenters. The first-order chi connectivity index (χ1) is 8.47. The molecule has 0 aliphatic heterocycles. The van der Waals surface area contributed by atoms with Crippen LogP contribution < -0.4 is 5.32 Å². The molecule has 0 bridgehead atoms. The normalized spacial score (nSPS) is 11.6. The molecule has 0 saturated carbocycles. The predicted molar refractivity (Wildman–Crippen MR) is 71.3 cm³/mol. The number of nitrogens with zero attached hydrogens (tertiary/aromatic N) is 4. The molecule has 2 aromatic heterocycles. The average Bonchev–Trinajstić information content (AvgIpc) is 2.69. The second-order valence-corrected chi connectivity index (χ2v) is 5.41. The number of aryl methyl sites for hydroxylation is 1. The molecule has 0 aliphatic rings. The van der Waals surface area contributed by atoms with Crippen molar-refractivity contribution in [2.24, 2.45) is 7.05 Å². The van der Waals surface area contributed by atoms with Gasteiger partial charge in [-0.05, 0) is 0 Å². The Morgan fingerprint density at radius 2 is 1.89 bits per heavy atom. The molecule has 2 aromatic rings. The Morgan fingerprint density at radius 3 is 2.50 bits per heavy atom. The van der Waals surface area contributed by atoms with E-state index in [4.69, 9.17) is 0 Å². The van der Waals surface area contributed by atoms with E-state index >= 15 is 0 Å². The molecular formula is C13H19N5. The zero-order valence-electron chi connectivity index (χ0n) is 11.3. The van der Waals surface area contributed by atoms with Gasteiger partial charge in [0.05, 0.1) is 23.8 Å². The van der Waals surface area contributed by atoms with Gasteiger partial charge in [-0.2, -0.15) is 5.10 Å². The SMILES string of the molecule is Cn1cc(CNc2cncnc2)c(C(C)(C)C)n1. The quantitative estimate of drug-likeness (QED) is 0.900. The fourth-order valence-electron chi connectivity index (χ4n) is 1.89. The molecule has 0 fully saturated rings. The van der Waals surface area contributed by atoms with E-state index in [9.17, 15) is 0 Å². The predicted octanol–water partition coefficient (Wildman–Crippen LogP) is 2.12. The number of rotatable bonds is 3. The summed E-state index contributed by atoms with van der Waals surface area (Å²) in [7, 11) is 1.95. The lowest BCUT2D eigenvalue weighted by Gasteiger charge is -2.17. The number of nitrogens with one attached hydrogen (secondary N) is 1. The molecule has 0 amide bonds. The molecule has 5 nitrogen and oxygen atoms in total. The third-order valence-electron chi connectivity index (χ3n) is 2.66. The number of aromatic nitrogens is 4. The molecular weight excluding hydrogens is 226 g/mol. The molecule has 5 heteroatoms. The van der Waals surface area contributed by atoms with E-state index in [1.165, 1.54) is 11.9 Å². The lowest BCUT2D eigenvalue weighted by Crippen LogP contribution is -2.16. The molecule has 0 radical (unpaired) electrons. The number of hydrogen-bond donors (Lipinski definition) is 1. The summed E-state index contributed by atoms with van der Waals surface area (Å²) in [6.45, 7) is 7.24. The second kappa shape index (κ2) is 4.76. The minimum atomic E-state index is 0.0471. The van der Waals surface area contributed by atoms with Gasteiger partial charge in [-0.1, -0.05) is 20.8 Å². The fraction of sp³-hybridized carbons (Fsp3) is 0.462. The second-order valence-electron chi connectivity index (χ2n) is 5.41. The Balaban J connectivity index is 2.15. The maximum Gasteiger partial charge on any atom is 0.115 e. The van der Waals surface area contributed by atoms with Crippen LogP contribution in [0.5, 0.6) is 0 Å². The van der Waals surface area contributed by atoms with E-state index < -0.39 is 0 Å². The van der Waals surface area contributed by atoms with E-state index in [2.05, 4.69) is 47.4 Å². The van der Waals surface area contributed by atoms with Crippen LogP contribution in [0.2, 0.25) is 0 Å². The van der Waals surface area contributed by atoms with Crippen LogP contribution in [0, 0.1) is 0 Å². The average molecular weight is 245 g/mol. The van der Waals surface area contributed by atoms with Crippen LogP contribution in [0.1, 0.15) is 32.0 Å². The molecule has 0 saturated heterocycles. The van der Waals surface area contributed by atoms with Gasteiger partial charge in [-0.3, -0.25) is 4.68 Å². The zero-order chi connectivity index (χ0) is 13.2. The van der Waals surface area contributed by atoms with Crippen molar-refractivity contribution in [3.8, 4) is 0 Å². The van der Waals surface area contributed by atoms with E-state index in [-0.39, 0.29) is 5.41 Å². The van der Waals surface area contributed by atoms with Crippen molar-refractivity contribution in [2.45, 2.75) is 32.7 Å². The molecule has 2 heterocycles. The van der Waals surface area contributed by atoms with Crippen molar-refractivity contribution in [3.63, 3.8) is 0 Å². The topological polar surface area (TPSA) is 55.6 Å². The van der Waals surface area contributed by atoms with Crippen LogP contribution in [0.15, 0.2) is 24.9 Å². The summed E-state index contributed by atoms with van der Waals surface area (Å²) >= 11 is 0. The molecule has 1 N–H and O–H groups in total. The van der Waals surface area contributed by atoms with E-state index in [0.29, 0.717) is 0 Å². The molecule has 2 rings (SSSR count). The van der Waals surface area contributed by atoms with Crippen molar-refractivity contribution < 1.29 is 0 Å². The van der Waals surface area contributed by atoms with E-state index in [0.717, 1.165) is 17.9 Å². The third-order valence-corrected chi connectivity index (χ3v) is 2.66. The Bertz CT molecular complexity index is 510. The summed E-state index contributed by atoms with van der Waals surface area (Å²) in [5.41, 5.74) is 3.29. The van der Waals surface area contributed by atoms with E-state index in [1.54, 1.807) is 12.4 Å². The maximum atomic E-state index is 4.54. The largest absolute Gasteiger partial charge is 0.378 e. The highest BCUT2D eigenvalue weighted by atomic mass is 15.3. The standard InChI is InChI=1S/C13H19N5/c1-13(2,3)12-10(8-18(4)17-12)5-16-11-6-14-9-15-7-11/h6-9,16H,5H2,1-4H3. The summed E-state index contributed by atoms with van der Waals surface area (Å²) in [5.74, 6) is 0. The van der Waals surface area contributed by atoms with Gasteiger partial charge in [-0.15, -0.1) is 0 Å². The van der Waals surface area contributed by atoms with Crippen molar-refractivity contribution in [1.82, 2.24) is 19.7 Å². The zero-order valence-corrected chi connectivity index (χ0v) is 11.3. The van der Waals surface area contributed by atoms with Crippen LogP contribution in [0.25, 0.3) is 0 Å². The highest BCUT2D eigenvalue weighted by Gasteiger charge is 2.21. The molecule has 18 heavy (non-hydrogen) atoms. The lowest BCUT2D eigenvalue weighted by molar-refractivity contribution is 0.549. The fourth-order valence-corrected chi connectivity index (χ4v) is 1.89. The first kappa shape index (κ1) is 12.5. The van der Waals surface area contributed by atoms with Gasteiger partial charge in [0.25, 0.3) is 0 Å². The number of anilines is 1. The monoisotopic (exact) mass is 245 g/mol. The lowest BCUT2D eigenvalue weighted by atomic mass is 9.89. The highest BCUT2D eigenvalue weighted by Crippen LogP contribution is 2.24. The summed E-state index contributed by atoms with van der Waals surface area (Å²) in [6.07, 6.45) is 7.10. The molecule has 0 aliphatic carbocycles. The highest BCUT2D eigenvalue weighted by molar-refractivity contribution is 5.39. The molecule has 0 spiro atoms. The molecule has 96 valence electrons. The van der Waals surface area contributed by atoms with Gasteiger partial charge in [0.1, 0.15) is 6.33 Å². The van der Waals surface area contributed by atoms with Crippen molar-refractivity contribution >= 4 is 5.69 Å². The van der Waals surface area contributed by atoms with Crippen molar-refractivity contribution in [1.29, 1.82) is 0 Å².